The van der Waals surface area contributed by atoms with Crippen LogP contribution in [-0.2, 0) is 0 Å². The number of para-hydroxylation sites is 1. The van der Waals surface area contributed by atoms with Crippen LogP contribution in [-0.4, -0.2) is 24.1 Å². The Morgan fingerprint density at radius 2 is 2.00 bits per heavy atom. The van der Waals surface area contributed by atoms with Crippen LogP contribution in [0.15, 0.2) is 53.0 Å². The third kappa shape index (κ3) is 3.73. The summed E-state index contributed by atoms with van der Waals surface area (Å²) in [5.74, 6) is 0.864. The minimum Gasteiger partial charge on any atom is -0.494 e. The van der Waals surface area contributed by atoms with E-state index in [4.69, 9.17) is 4.74 Å². The van der Waals surface area contributed by atoms with Gasteiger partial charge in [-0.25, -0.2) is 4.79 Å². The Balaban J connectivity index is 1.72. The molecule has 1 fully saturated rings. The van der Waals surface area contributed by atoms with E-state index in [9.17, 15) is 4.79 Å². The molecule has 0 aliphatic carbocycles. The molecule has 2 amide bonds. The number of anilines is 1. The second-order valence-corrected chi connectivity index (χ2v) is 6.62. The van der Waals surface area contributed by atoms with Gasteiger partial charge in [0.2, 0.25) is 0 Å². The molecule has 1 atom stereocenters. The number of carbonyl (C=O) groups excluding carboxylic acids is 1. The first-order chi connectivity index (χ1) is 11.7. The number of rotatable bonds is 4. The Bertz CT molecular complexity index is 703. The standard InChI is InChI=1S/C19H21BrN2O2/c1-2-24-15-11-9-14(10-12-15)18-8-5-13-22(18)19(23)21-17-7-4-3-6-16(17)20/h3-4,6-7,9-12,18H,2,5,8,13H2,1H3,(H,21,23). The molecular weight excluding hydrogens is 368 g/mol. The third-order valence-electron chi connectivity index (χ3n) is 4.20. The molecule has 0 aromatic heterocycles. The number of ether oxygens (including phenoxy) is 1. The van der Waals surface area contributed by atoms with Crippen LogP contribution in [0.5, 0.6) is 5.75 Å². The molecule has 1 N–H and O–H groups in total. The SMILES string of the molecule is CCOc1ccc(C2CCCN2C(=O)Nc2ccccc2Br)cc1. The fourth-order valence-electron chi connectivity index (χ4n) is 3.06. The van der Waals surface area contributed by atoms with Gasteiger partial charge in [0.1, 0.15) is 5.75 Å². The molecule has 1 unspecified atom stereocenters. The number of nitrogens with zero attached hydrogens (tertiary/aromatic N) is 1. The van der Waals surface area contributed by atoms with Gasteiger partial charge in [0, 0.05) is 11.0 Å². The van der Waals surface area contributed by atoms with Crippen LogP contribution < -0.4 is 10.1 Å². The highest BCUT2D eigenvalue weighted by Gasteiger charge is 2.30. The molecule has 0 spiro atoms. The number of hydrogen-bond acceptors (Lipinski definition) is 2. The van der Waals surface area contributed by atoms with Crippen LogP contribution >= 0.6 is 15.9 Å². The molecule has 2 aromatic carbocycles. The van der Waals surface area contributed by atoms with Gasteiger partial charge >= 0.3 is 6.03 Å². The maximum Gasteiger partial charge on any atom is 0.322 e. The van der Waals surface area contributed by atoms with Crippen molar-refractivity contribution in [2.75, 3.05) is 18.5 Å². The first-order valence-electron chi connectivity index (χ1n) is 8.24. The van der Waals surface area contributed by atoms with Gasteiger partial charge in [-0.05, 0) is 65.5 Å². The van der Waals surface area contributed by atoms with Gasteiger partial charge in [0.05, 0.1) is 18.3 Å². The van der Waals surface area contributed by atoms with Crippen LogP contribution in [0.25, 0.3) is 0 Å². The zero-order valence-electron chi connectivity index (χ0n) is 13.7. The quantitative estimate of drug-likeness (QED) is 0.779. The lowest BCUT2D eigenvalue weighted by atomic mass is 10.0. The zero-order valence-corrected chi connectivity index (χ0v) is 15.3. The minimum absolute atomic E-state index is 0.0571. The van der Waals surface area contributed by atoms with Crippen molar-refractivity contribution in [2.45, 2.75) is 25.8 Å². The molecule has 4 nitrogen and oxygen atoms in total. The van der Waals surface area contributed by atoms with E-state index in [-0.39, 0.29) is 12.1 Å². The lowest BCUT2D eigenvalue weighted by Gasteiger charge is -2.25. The summed E-state index contributed by atoms with van der Waals surface area (Å²) in [5.41, 5.74) is 1.94. The molecule has 1 heterocycles. The van der Waals surface area contributed by atoms with Crippen molar-refractivity contribution in [3.63, 3.8) is 0 Å². The highest BCUT2D eigenvalue weighted by Crippen LogP contribution is 2.33. The topological polar surface area (TPSA) is 41.6 Å². The average molecular weight is 389 g/mol. The van der Waals surface area contributed by atoms with Gasteiger partial charge in [0.15, 0.2) is 0 Å². The summed E-state index contributed by atoms with van der Waals surface area (Å²) in [5, 5.41) is 3.00. The molecule has 0 saturated carbocycles. The molecule has 2 aromatic rings. The summed E-state index contributed by atoms with van der Waals surface area (Å²) in [4.78, 5) is 14.6. The number of likely N-dealkylation sites (tertiary alicyclic amines) is 1. The van der Waals surface area contributed by atoms with Crippen molar-refractivity contribution >= 4 is 27.6 Å². The second kappa shape index (κ2) is 7.71. The molecule has 1 aliphatic heterocycles. The number of nitrogens with one attached hydrogen (secondary N) is 1. The normalized spacial score (nSPS) is 16.9. The number of halogens is 1. The molecule has 1 aliphatic rings. The van der Waals surface area contributed by atoms with E-state index in [1.165, 1.54) is 0 Å². The molecule has 3 rings (SSSR count). The summed E-state index contributed by atoms with van der Waals surface area (Å²) < 4.78 is 6.38. The Morgan fingerprint density at radius 3 is 2.71 bits per heavy atom. The Morgan fingerprint density at radius 1 is 1.25 bits per heavy atom. The summed E-state index contributed by atoms with van der Waals surface area (Å²) >= 11 is 3.47. The third-order valence-corrected chi connectivity index (χ3v) is 4.90. The molecule has 0 bridgehead atoms. The van der Waals surface area contributed by atoms with Crippen LogP contribution in [0.1, 0.15) is 31.4 Å². The van der Waals surface area contributed by atoms with E-state index < -0.39 is 0 Å². The van der Waals surface area contributed by atoms with Gasteiger partial charge in [-0.15, -0.1) is 0 Å². The summed E-state index contributed by atoms with van der Waals surface area (Å²) in [6.07, 6.45) is 2.00. The maximum atomic E-state index is 12.7. The summed E-state index contributed by atoms with van der Waals surface area (Å²) in [6, 6.07) is 15.8. The Hall–Kier alpha value is -2.01. The summed E-state index contributed by atoms with van der Waals surface area (Å²) in [7, 11) is 0. The van der Waals surface area contributed by atoms with Crippen LogP contribution in [0.4, 0.5) is 10.5 Å². The second-order valence-electron chi connectivity index (χ2n) is 5.76. The number of benzene rings is 2. The van der Waals surface area contributed by atoms with Crippen molar-refractivity contribution in [2.24, 2.45) is 0 Å². The van der Waals surface area contributed by atoms with Gasteiger partial charge < -0.3 is 15.0 Å². The highest BCUT2D eigenvalue weighted by molar-refractivity contribution is 9.10. The molecule has 1 saturated heterocycles. The number of hydrogen-bond donors (Lipinski definition) is 1. The smallest absolute Gasteiger partial charge is 0.322 e. The van der Waals surface area contributed by atoms with Crippen LogP contribution in [0.2, 0.25) is 0 Å². The zero-order chi connectivity index (χ0) is 16.9. The fourth-order valence-corrected chi connectivity index (χ4v) is 3.44. The van der Waals surface area contributed by atoms with Gasteiger partial charge in [0.25, 0.3) is 0 Å². The average Bonchev–Trinajstić information content (AvgIpc) is 3.08. The maximum absolute atomic E-state index is 12.7. The van der Waals surface area contributed by atoms with E-state index >= 15 is 0 Å². The number of urea groups is 1. The number of carbonyl (C=O) groups is 1. The summed E-state index contributed by atoms with van der Waals surface area (Å²) in [6.45, 7) is 3.40. The van der Waals surface area contributed by atoms with Crippen molar-refractivity contribution in [3.8, 4) is 5.75 Å². The van der Waals surface area contributed by atoms with Crippen LogP contribution in [0.3, 0.4) is 0 Å². The largest absolute Gasteiger partial charge is 0.494 e. The molecule has 126 valence electrons. The first kappa shape index (κ1) is 16.8. The lowest BCUT2D eigenvalue weighted by Crippen LogP contribution is -2.34. The lowest BCUT2D eigenvalue weighted by molar-refractivity contribution is 0.207. The predicted octanol–water partition coefficient (Wildman–Crippen LogP) is 5.22. The van der Waals surface area contributed by atoms with Gasteiger partial charge in [-0.2, -0.15) is 0 Å². The van der Waals surface area contributed by atoms with E-state index in [0.29, 0.717) is 6.61 Å². The minimum atomic E-state index is -0.0571. The van der Waals surface area contributed by atoms with Crippen molar-refractivity contribution in [1.29, 1.82) is 0 Å². The molecule has 24 heavy (non-hydrogen) atoms. The number of amides is 2. The monoisotopic (exact) mass is 388 g/mol. The van der Waals surface area contributed by atoms with Gasteiger partial charge in [-0.1, -0.05) is 24.3 Å². The Kier molecular flexibility index (Phi) is 5.41. The predicted molar refractivity (Wildman–Crippen MR) is 99.5 cm³/mol. The van der Waals surface area contributed by atoms with Crippen molar-refractivity contribution in [3.05, 3.63) is 58.6 Å². The van der Waals surface area contributed by atoms with E-state index in [2.05, 4.69) is 33.4 Å². The molecular formula is C19H21BrN2O2. The van der Waals surface area contributed by atoms with Crippen LogP contribution in [0, 0.1) is 0 Å². The van der Waals surface area contributed by atoms with Crippen molar-refractivity contribution in [1.82, 2.24) is 4.90 Å². The van der Waals surface area contributed by atoms with Crippen molar-refractivity contribution < 1.29 is 9.53 Å². The highest BCUT2D eigenvalue weighted by atomic mass is 79.9. The van der Waals surface area contributed by atoms with E-state index in [0.717, 1.165) is 40.9 Å². The molecule has 5 heteroatoms. The van der Waals surface area contributed by atoms with Gasteiger partial charge in [-0.3, -0.25) is 0 Å². The fraction of sp³-hybridized carbons (Fsp3) is 0.316. The molecule has 0 radical (unpaired) electrons. The van der Waals surface area contributed by atoms with E-state index in [1.807, 2.05) is 48.2 Å². The Labute approximate surface area is 150 Å². The van der Waals surface area contributed by atoms with E-state index in [1.54, 1.807) is 0 Å². The first-order valence-corrected chi connectivity index (χ1v) is 9.03.